The Labute approximate surface area is 252 Å². The fourth-order valence-corrected chi connectivity index (χ4v) is 6.06. The molecule has 3 aromatic carbocycles. The molecule has 2 heterocycles. The van der Waals surface area contributed by atoms with Crippen LogP contribution < -0.4 is 10.6 Å². The topological polar surface area (TPSA) is 86.4 Å². The zero-order chi connectivity index (χ0) is 30.5. The van der Waals surface area contributed by atoms with Crippen molar-refractivity contribution < 1.29 is 14.3 Å². The maximum atomic E-state index is 13.9. The Morgan fingerprint density at radius 3 is 2.26 bits per heavy atom. The molecule has 0 N–H and O–H groups in total. The molecular weight excluding hydrogens is 540 g/mol. The number of Topliss-reactive ketones (excluding diaryl/α,β-unsaturated/α-hetero) is 1. The zero-order valence-corrected chi connectivity index (χ0v) is 25.4. The Morgan fingerprint density at radius 1 is 0.953 bits per heavy atom. The normalized spacial score (nSPS) is 14.6. The first-order valence-corrected chi connectivity index (χ1v) is 15.1. The van der Waals surface area contributed by atoms with Gasteiger partial charge < -0.3 is 9.64 Å². The summed E-state index contributed by atoms with van der Waals surface area (Å²) in [7, 11) is 0. The van der Waals surface area contributed by atoms with Gasteiger partial charge in [0.2, 0.25) is 0 Å². The van der Waals surface area contributed by atoms with Crippen LogP contribution in [0.3, 0.4) is 0 Å². The first-order chi connectivity index (χ1) is 20.8. The predicted molar refractivity (Wildman–Crippen MR) is 168 cm³/mol. The fourth-order valence-electron chi connectivity index (χ4n) is 6.06. The van der Waals surface area contributed by atoms with Crippen LogP contribution in [0.15, 0.2) is 83.9 Å². The van der Waals surface area contributed by atoms with Gasteiger partial charge in [0.05, 0.1) is 23.9 Å². The number of rotatable bonds is 10. The molecule has 1 saturated heterocycles. The van der Waals surface area contributed by atoms with Crippen LogP contribution in [-0.2, 0) is 16.0 Å². The van der Waals surface area contributed by atoms with E-state index >= 15 is 0 Å². The molecule has 0 bridgehead atoms. The molecule has 1 aliphatic rings. The summed E-state index contributed by atoms with van der Waals surface area (Å²) in [6.07, 6.45) is 3.60. The van der Waals surface area contributed by atoms with Crippen molar-refractivity contribution in [3.05, 3.63) is 112 Å². The molecule has 1 aliphatic heterocycles. The molecule has 0 spiro atoms. The molecule has 0 aliphatic carbocycles. The number of hydrogen-bond acceptors (Lipinski definition) is 6. The summed E-state index contributed by atoms with van der Waals surface area (Å²) < 4.78 is 8.26. The van der Waals surface area contributed by atoms with E-state index in [0.717, 1.165) is 54.0 Å². The molecule has 0 amide bonds. The Balaban J connectivity index is 1.29. The second kappa shape index (κ2) is 13.2. The standard InChI is InChI=1S/C35H40N4O4/c1-5-43-34(41)31-21-26(12-11-25(31)4)22-32(40)33(27-9-7-6-8-10-27)28-17-19-37(20-18-28)29-13-15-30(16-14-29)38-23-36-39(24(2)3)35(38)42/h6-16,21,23-24,28,33H,5,17-20,22H2,1-4H3. The van der Waals surface area contributed by atoms with Gasteiger partial charge in [0.1, 0.15) is 12.1 Å². The van der Waals surface area contributed by atoms with Crippen LogP contribution in [-0.4, -0.2) is 45.8 Å². The van der Waals surface area contributed by atoms with Crippen molar-refractivity contribution in [3.8, 4) is 5.69 Å². The number of piperidine rings is 1. The molecule has 8 heteroatoms. The average molecular weight is 581 g/mol. The Morgan fingerprint density at radius 2 is 1.63 bits per heavy atom. The van der Waals surface area contributed by atoms with Gasteiger partial charge in [-0.15, -0.1) is 0 Å². The van der Waals surface area contributed by atoms with E-state index in [9.17, 15) is 14.4 Å². The third-order valence-electron chi connectivity index (χ3n) is 8.37. The number of nitrogens with zero attached hydrogens (tertiary/aromatic N) is 4. The number of aromatic nitrogens is 3. The van der Waals surface area contributed by atoms with E-state index in [1.165, 1.54) is 4.68 Å². The first kappa shape index (κ1) is 30.0. The summed E-state index contributed by atoms with van der Waals surface area (Å²) in [6.45, 7) is 9.53. The Bertz CT molecular complexity index is 1610. The van der Waals surface area contributed by atoms with Crippen LogP contribution in [0.5, 0.6) is 0 Å². The highest BCUT2D eigenvalue weighted by atomic mass is 16.5. The third-order valence-corrected chi connectivity index (χ3v) is 8.37. The number of carbonyl (C=O) groups excluding carboxylic acids is 2. The molecule has 0 radical (unpaired) electrons. The third kappa shape index (κ3) is 6.63. The van der Waals surface area contributed by atoms with Crippen molar-refractivity contribution in [1.82, 2.24) is 14.3 Å². The number of hydrogen-bond donors (Lipinski definition) is 0. The van der Waals surface area contributed by atoms with E-state index in [4.69, 9.17) is 4.74 Å². The van der Waals surface area contributed by atoms with E-state index < -0.39 is 0 Å². The lowest BCUT2D eigenvalue weighted by atomic mass is 9.76. The van der Waals surface area contributed by atoms with Crippen molar-refractivity contribution in [3.63, 3.8) is 0 Å². The summed E-state index contributed by atoms with van der Waals surface area (Å²) in [5.74, 6) is -0.199. The highest BCUT2D eigenvalue weighted by Gasteiger charge is 2.32. The molecule has 43 heavy (non-hydrogen) atoms. The van der Waals surface area contributed by atoms with Crippen LogP contribution in [0.2, 0.25) is 0 Å². The molecule has 4 aromatic rings. The van der Waals surface area contributed by atoms with Gasteiger partial charge in [0.25, 0.3) is 0 Å². The van der Waals surface area contributed by atoms with Crippen molar-refractivity contribution >= 4 is 17.4 Å². The summed E-state index contributed by atoms with van der Waals surface area (Å²) in [5, 5.41) is 4.23. The minimum Gasteiger partial charge on any atom is -0.462 e. The SMILES string of the molecule is CCOC(=O)c1cc(CC(=O)C(c2ccccc2)C2CCN(c3ccc(-n4cnn(C(C)C)c4=O)cc3)CC2)ccc1C. The number of benzene rings is 3. The minimum atomic E-state index is -0.355. The van der Waals surface area contributed by atoms with E-state index in [1.807, 2.05) is 81.4 Å². The monoisotopic (exact) mass is 580 g/mol. The number of anilines is 1. The number of ether oxygens (including phenoxy) is 1. The Kier molecular flexibility index (Phi) is 9.24. The maximum absolute atomic E-state index is 13.9. The number of esters is 1. The first-order valence-electron chi connectivity index (χ1n) is 15.1. The molecular formula is C35H40N4O4. The van der Waals surface area contributed by atoms with Crippen molar-refractivity contribution in [1.29, 1.82) is 0 Å². The molecule has 0 saturated carbocycles. The predicted octanol–water partition coefficient (Wildman–Crippen LogP) is 5.91. The maximum Gasteiger partial charge on any atom is 0.350 e. The van der Waals surface area contributed by atoms with Crippen LogP contribution in [0.1, 0.15) is 72.6 Å². The van der Waals surface area contributed by atoms with Crippen LogP contribution >= 0.6 is 0 Å². The van der Waals surface area contributed by atoms with Crippen LogP contribution in [0.25, 0.3) is 5.69 Å². The molecule has 5 rings (SSSR count). The van der Waals surface area contributed by atoms with Crippen molar-refractivity contribution in [2.24, 2.45) is 5.92 Å². The molecule has 8 nitrogen and oxygen atoms in total. The van der Waals surface area contributed by atoms with Gasteiger partial charge in [0, 0.05) is 31.1 Å². The summed E-state index contributed by atoms with van der Waals surface area (Å²) >= 11 is 0. The molecule has 1 fully saturated rings. The summed E-state index contributed by atoms with van der Waals surface area (Å²) in [4.78, 5) is 41.4. The summed E-state index contributed by atoms with van der Waals surface area (Å²) in [6, 6.07) is 23.7. The largest absolute Gasteiger partial charge is 0.462 e. The second-order valence-corrected chi connectivity index (χ2v) is 11.6. The van der Waals surface area contributed by atoms with E-state index in [1.54, 1.807) is 17.8 Å². The average Bonchev–Trinajstić information content (AvgIpc) is 3.41. The lowest BCUT2D eigenvalue weighted by molar-refractivity contribution is -0.121. The van der Waals surface area contributed by atoms with Crippen LogP contribution in [0, 0.1) is 12.8 Å². The fraction of sp³-hybridized carbons (Fsp3) is 0.371. The second-order valence-electron chi connectivity index (χ2n) is 11.6. The van der Waals surface area contributed by atoms with Gasteiger partial charge >= 0.3 is 11.7 Å². The Hall–Kier alpha value is -4.46. The quantitative estimate of drug-likeness (QED) is 0.217. The van der Waals surface area contributed by atoms with Crippen molar-refractivity contribution in [2.75, 3.05) is 24.6 Å². The minimum absolute atomic E-state index is 0.000120. The van der Waals surface area contributed by atoms with Gasteiger partial charge in [-0.3, -0.25) is 4.79 Å². The summed E-state index contributed by atoms with van der Waals surface area (Å²) in [5.41, 5.74) is 4.96. The molecule has 1 aromatic heterocycles. The molecule has 1 atom stereocenters. The van der Waals surface area contributed by atoms with E-state index in [-0.39, 0.29) is 41.7 Å². The van der Waals surface area contributed by atoms with Gasteiger partial charge in [-0.1, -0.05) is 42.5 Å². The van der Waals surface area contributed by atoms with Gasteiger partial charge in [0.15, 0.2) is 0 Å². The smallest absolute Gasteiger partial charge is 0.350 e. The van der Waals surface area contributed by atoms with Crippen molar-refractivity contribution in [2.45, 2.75) is 58.9 Å². The number of carbonyl (C=O) groups is 2. The lowest BCUT2D eigenvalue weighted by Gasteiger charge is -2.37. The zero-order valence-electron chi connectivity index (χ0n) is 25.4. The number of aryl methyl sites for hydroxylation is 1. The number of ketones is 1. The van der Waals surface area contributed by atoms with E-state index in [2.05, 4.69) is 22.1 Å². The highest BCUT2D eigenvalue weighted by molar-refractivity contribution is 5.92. The van der Waals surface area contributed by atoms with Gasteiger partial charge in [-0.2, -0.15) is 5.10 Å². The lowest BCUT2D eigenvalue weighted by Crippen LogP contribution is -2.37. The molecule has 1 unspecified atom stereocenters. The van der Waals surface area contributed by atoms with E-state index in [0.29, 0.717) is 12.2 Å². The molecule has 224 valence electrons. The van der Waals surface area contributed by atoms with Gasteiger partial charge in [-0.05, 0) is 93.5 Å². The van der Waals surface area contributed by atoms with Gasteiger partial charge in [-0.25, -0.2) is 18.8 Å². The van der Waals surface area contributed by atoms with Crippen LogP contribution in [0.4, 0.5) is 5.69 Å². The highest BCUT2D eigenvalue weighted by Crippen LogP contribution is 2.36.